The van der Waals surface area contributed by atoms with E-state index < -0.39 is 0 Å². The van der Waals surface area contributed by atoms with Crippen LogP contribution in [0, 0.1) is 0 Å². The van der Waals surface area contributed by atoms with Crippen LogP contribution in [-0.4, -0.2) is 10.3 Å². The number of furan rings is 1. The van der Waals surface area contributed by atoms with Gasteiger partial charge in [0.25, 0.3) is 0 Å². The molecule has 0 spiro atoms. The number of para-hydroxylation sites is 2. The summed E-state index contributed by atoms with van der Waals surface area (Å²) >= 11 is 0. The Bertz CT molecular complexity index is 2930. The summed E-state index contributed by atoms with van der Waals surface area (Å²) in [6, 6.07) is 54.1. The number of aromatic nitrogens is 1. The summed E-state index contributed by atoms with van der Waals surface area (Å²) < 4.78 is 8.76. The van der Waals surface area contributed by atoms with Gasteiger partial charge in [0, 0.05) is 38.4 Å². The summed E-state index contributed by atoms with van der Waals surface area (Å²) in [5.41, 5.74) is 10.8. The Balaban J connectivity index is 1.18. The average molecular weight is 614 g/mol. The number of rotatable bonds is 3. The molecular formula is C44H27N3O. The molecule has 8 aromatic carbocycles. The van der Waals surface area contributed by atoms with Crippen molar-refractivity contribution in [2.45, 2.75) is 6.29 Å². The number of hydrogen-bond acceptors (Lipinski definition) is 3. The fourth-order valence-electron chi connectivity index (χ4n) is 8.07. The second-order valence-electron chi connectivity index (χ2n) is 12.7. The topological polar surface area (TPSA) is 42.5 Å². The third kappa shape index (κ3) is 3.52. The highest BCUT2D eigenvalue weighted by molar-refractivity contribution is 6.35. The van der Waals surface area contributed by atoms with Crippen molar-refractivity contribution in [2.24, 2.45) is 4.99 Å². The Labute approximate surface area is 275 Å². The molecule has 4 heteroatoms. The molecule has 3 heterocycles. The molecule has 224 valence electrons. The highest BCUT2D eigenvalue weighted by Crippen LogP contribution is 2.46. The molecule has 0 amide bonds. The third-order valence-electron chi connectivity index (χ3n) is 10.2. The smallest absolute Gasteiger partial charge is 0.201 e. The lowest BCUT2D eigenvalue weighted by Crippen LogP contribution is -2.24. The first-order valence-electron chi connectivity index (χ1n) is 16.4. The molecule has 0 bridgehead atoms. The van der Waals surface area contributed by atoms with E-state index in [1.54, 1.807) is 0 Å². The minimum atomic E-state index is -0.345. The van der Waals surface area contributed by atoms with Crippen LogP contribution < -0.4 is 5.32 Å². The molecule has 1 unspecified atom stereocenters. The Morgan fingerprint density at radius 2 is 1.12 bits per heavy atom. The van der Waals surface area contributed by atoms with Gasteiger partial charge in [-0.25, -0.2) is 4.99 Å². The maximum absolute atomic E-state index is 6.37. The molecule has 48 heavy (non-hydrogen) atoms. The Morgan fingerprint density at radius 3 is 1.96 bits per heavy atom. The molecule has 1 atom stereocenters. The molecule has 10 aromatic rings. The molecule has 0 saturated carbocycles. The molecule has 1 aliphatic rings. The van der Waals surface area contributed by atoms with E-state index >= 15 is 0 Å². The monoisotopic (exact) mass is 613 g/mol. The molecular weight excluding hydrogens is 587 g/mol. The van der Waals surface area contributed by atoms with Crippen LogP contribution in [-0.2, 0) is 0 Å². The van der Waals surface area contributed by atoms with Crippen LogP contribution in [0.3, 0.4) is 0 Å². The first-order chi connectivity index (χ1) is 23.8. The van der Waals surface area contributed by atoms with Crippen LogP contribution in [0.5, 0.6) is 0 Å². The molecule has 4 nitrogen and oxygen atoms in total. The van der Waals surface area contributed by atoms with Crippen LogP contribution in [0.2, 0.25) is 0 Å². The highest BCUT2D eigenvalue weighted by Gasteiger charge is 2.27. The molecule has 2 aromatic heterocycles. The average Bonchev–Trinajstić information content (AvgIpc) is 3.69. The van der Waals surface area contributed by atoms with Crippen LogP contribution in [0.4, 0.5) is 5.69 Å². The number of hydrogen-bond donors (Lipinski definition) is 1. The lowest BCUT2D eigenvalue weighted by atomic mass is 9.93. The molecule has 11 rings (SSSR count). The fourth-order valence-corrected chi connectivity index (χ4v) is 8.07. The normalized spacial score (nSPS) is 14.8. The number of fused-ring (bicyclic) bond motifs is 7. The number of nitrogens with one attached hydrogen (secondary N) is 1. The van der Waals surface area contributed by atoms with E-state index in [1.165, 1.54) is 43.4 Å². The first-order valence-corrected chi connectivity index (χ1v) is 16.4. The second-order valence-corrected chi connectivity index (χ2v) is 12.7. The van der Waals surface area contributed by atoms with Gasteiger partial charge in [-0.1, -0.05) is 109 Å². The van der Waals surface area contributed by atoms with E-state index in [1.807, 2.05) is 6.07 Å². The third-order valence-corrected chi connectivity index (χ3v) is 10.2. The van der Waals surface area contributed by atoms with E-state index in [4.69, 9.17) is 9.41 Å². The van der Waals surface area contributed by atoms with Crippen molar-refractivity contribution in [3.63, 3.8) is 0 Å². The van der Waals surface area contributed by atoms with Crippen LogP contribution in [0.1, 0.15) is 17.4 Å². The van der Waals surface area contributed by atoms with Gasteiger partial charge in [0.2, 0.25) is 6.29 Å². The maximum Gasteiger partial charge on any atom is 0.201 e. The SMILES string of the molecule is c1ccc(-c2cccc(C3=NC(n4c5cccc6c7cc8oc9ccccc9c8cc7c7cccc4c7c65)Nc4ccccc43)c2)cc1. The molecule has 0 aliphatic carbocycles. The van der Waals surface area contributed by atoms with Gasteiger partial charge in [0.05, 0.1) is 16.7 Å². The minimum Gasteiger partial charge on any atom is -0.456 e. The zero-order chi connectivity index (χ0) is 31.3. The summed E-state index contributed by atoms with van der Waals surface area (Å²) in [7, 11) is 0. The van der Waals surface area contributed by atoms with Crippen molar-refractivity contribution in [1.29, 1.82) is 0 Å². The summed E-state index contributed by atoms with van der Waals surface area (Å²) in [5, 5.41) is 13.5. The Morgan fingerprint density at radius 1 is 0.479 bits per heavy atom. The summed E-state index contributed by atoms with van der Waals surface area (Å²) in [6.45, 7) is 0. The summed E-state index contributed by atoms with van der Waals surface area (Å²) in [4.78, 5) is 5.52. The Hall–Kier alpha value is -6.39. The van der Waals surface area contributed by atoms with Gasteiger partial charge in [-0.05, 0) is 75.1 Å². The lowest BCUT2D eigenvalue weighted by Gasteiger charge is -2.28. The molecule has 0 fully saturated rings. The number of aliphatic imine (C=N–C) groups is 1. The molecule has 0 saturated heterocycles. The standard InChI is InChI=1S/C44H27N3O/c1-2-11-26(12-3-1)27-13-8-14-28(23-27)43-32-16-4-6-19-36(32)45-44(46-43)47-37-20-9-17-30-33-24-35-29-15-5-7-22-39(29)48-40(35)25-34(33)31-18-10-21-38(47)42(31)41(30)37/h1-25,44-45H. The first kappa shape index (κ1) is 25.8. The van der Waals surface area contributed by atoms with Gasteiger partial charge in [-0.2, -0.15) is 0 Å². The van der Waals surface area contributed by atoms with E-state index in [9.17, 15) is 0 Å². The maximum atomic E-state index is 6.37. The van der Waals surface area contributed by atoms with Gasteiger partial charge in [0.15, 0.2) is 0 Å². The fraction of sp³-hybridized carbons (Fsp3) is 0.0227. The zero-order valence-electron chi connectivity index (χ0n) is 25.8. The van der Waals surface area contributed by atoms with Gasteiger partial charge in [-0.3, -0.25) is 0 Å². The number of nitrogens with zero attached hydrogens (tertiary/aromatic N) is 2. The lowest BCUT2D eigenvalue weighted by molar-refractivity contribution is 0.625. The van der Waals surface area contributed by atoms with E-state index in [2.05, 4.69) is 155 Å². The van der Waals surface area contributed by atoms with Crippen LogP contribution >= 0.6 is 0 Å². The van der Waals surface area contributed by atoms with Gasteiger partial charge < -0.3 is 14.3 Å². The number of anilines is 1. The van der Waals surface area contributed by atoms with Crippen molar-refractivity contribution >= 4 is 76.7 Å². The summed E-state index contributed by atoms with van der Waals surface area (Å²) in [5.74, 6) is 0. The molecule has 0 radical (unpaired) electrons. The van der Waals surface area contributed by atoms with E-state index in [0.717, 1.165) is 55.5 Å². The minimum absolute atomic E-state index is 0.345. The van der Waals surface area contributed by atoms with Crippen molar-refractivity contribution in [1.82, 2.24) is 4.57 Å². The number of benzene rings is 8. The van der Waals surface area contributed by atoms with Crippen molar-refractivity contribution in [3.8, 4) is 11.1 Å². The van der Waals surface area contributed by atoms with Gasteiger partial charge in [0.1, 0.15) is 11.2 Å². The van der Waals surface area contributed by atoms with Gasteiger partial charge >= 0.3 is 0 Å². The van der Waals surface area contributed by atoms with E-state index in [-0.39, 0.29) is 6.29 Å². The quantitative estimate of drug-likeness (QED) is 0.201. The summed E-state index contributed by atoms with van der Waals surface area (Å²) in [6.07, 6.45) is -0.345. The van der Waals surface area contributed by atoms with E-state index in [0.29, 0.717) is 0 Å². The Kier molecular flexibility index (Phi) is 5.13. The van der Waals surface area contributed by atoms with Crippen LogP contribution in [0.15, 0.2) is 161 Å². The predicted molar refractivity (Wildman–Crippen MR) is 200 cm³/mol. The van der Waals surface area contributed by atoms with Crippen molar-refractivity contribution in [3.05, 3.63) is 163 Å². The predicted octanol–water partition coefficient (Wildman–Crippen LogP) is 11.5. The van der Waals surface area contributed by atoms with Crippen molar-refractivity contribution in [2.75, 3.05) is 5.32 Å². The second kappa shape index (κ2) is 9.57. The largest absolute Gasteiger partial charge is 0.456 e. The van der Waals surface area contributed by atoms with Crippen molar-refractivity contribution < 1.29 is 4.42 Å². The molecule has 1 aliphatic heterocycles. The van der Waals surface area contributed by atoms with Crippen LogP contribution in [0.25, 0.3) is 76.4 Å². The zero-order valence-corrected chi connectivity index (χ0v) is 25.8. The van der Waals surface area contributed by atoms with Gasteiger partial charge in [-0.15, -0.1) is 0 Å². The highest BCUT2D eigenvalue weighted by atomic mass is 16.3. The molecule has 1 N–H and O–H groups in total.